The van der Waals surface area contributed by atoms with Gasteiger partial charge in [0.15, 0.2) is 0 Å². The number of methoxy groups -OCH3 is 1. The van der Waals surface area contributed by atoms with Gasteiger partial charge in [0.2, 0.25) is 0 Å². The zero-order chi connectivity index (χ0) is 13.0. The van der Waals surface area contributed by atoms with Gasteiger partial charge in [0.05, 0.1) is 12.6 Å². The average molecular weight is 255 g/mol. The molecule has 0 bridgehead atoms. The number of nitrogens with one attached hydrogen (secondary N) is 2. The van der Waals surface area contributed by atoms with Gasteiger partial charge in [-0.3, -0.25) is 0 Å². The minimum atomic E-state index is -0.0792. The van der Waals surface area contributed by atoms with Crippen LogP contribution < -0.4 is 10.6 Å². The second-order valence-electron chi connectivity index (χ2n) is 5.59. The van der Waals surface area contributed by atoms with E-state index in [0.29, 0.717) is 12.5 Å². The normalized spacial score (nSPS) is 26.0. The van der Waals surface area contributed by atoms with Crippen molar-refractivity contribution in [3.8, 4) is 0 Å². The lowest BCUT2D eigenvalue weighted by Crippen LogP contribution is -2.44. The van der Waals surface area contributed by atoms with Gasteiger partial charge < -0.3 is 20.3 Å². The fourth-order valence-electron chi connectivity index (χ4n) is 2.60. The van der Waals surface area contributed by atoms with E-state index in [1.807, 2.05) is 6.92 Å². The van der Waals surface area contributed by atoms with Gasteiger partial charge in [-0.2, -0.15) is 0 Å². The van der Waals surface area contributed by atoms with Crippen LogP contribution >= 0.6 is 0 Å². The number of rotatable bonds is 6. The molecular formula is C13H25N3O2. The summed E-state index contributed by atoms with van der Waals surface area (Å²) in [5, 5.41) is 5.82. The summed E-state index contributed by atoms with van der Waals surface area (Å²) in [5.41, 5.74) is 0. The van der Waals surface area contributed by atoms with Gasteiger partial charge in [0.1, 0.15) is 0 Å². The van der Waals surface area contributed by atoms with Crippen molar-refractivity contribution in [2.75, 3.05) is 33.4 Å². The third-order valence-corrected chi connectivity index (χ3v) is 3.73. The maximum atomic E-state index is 11.6. The molecule has 0 aromatic carbocycles. The molecule has 0 aromatic rings. The van der Waals surface area contributed by atoms with Crippen molar-refractivity contribution >= 4 is 6.03 Å². The number of amides is 2. The Morgan fingerprint density at radius 3 is 2.89 bits per heavy atom. The van der Waals surface area contributed by atoms with Gasteiger partial charge in [0, 0.05) is 26.2 Å². The third-order valence-electron chi connectivity index (χ3n) is 3.73. The first-order valence-corrected chi connectivity index (χ1v) is 6.96. The van der Waals surface area contributed by atoms with Crippen molar-refractivity contribution in [1.29, 1.82) is 0 Å². The van der Waals surface area contributed by atoms with E-state index in [9.17, 15) is 4.79 Å². The maximum Gasteiger partial charge on any atom is 0.315 e. The summed E-state index contributed by atoms with van der Waals surface area (Å²) in [6.07, 6.45) is 3.95. The van der Waals surface area contributed by atoms with Gasteiger partial charge in [-0.1, -0.05) is 0 Å². The third kappa shape index (κ3) is 4.14. The second kappa shape index (κ2) is 6.38. The molecule has 1 aliphatic carbocycles. The topological polar surface area (TPSA) is 53.6 Å². The first-order chi connectivity index (χ1) is 8.69. The molecule has 1 saturated heterocycles. The van der Waals surface area contributed by atoms with Crippen LogP contribution in [0, 0.1) is 5.92 Å². The van der Waals surface area contributed by atoms with E-state index in [2.05, 4.69) is 15.5 Å². The fourth-order valence-corrected chi connectivity index (χ4v) is 2.60. The van der Waals surface area contributed by atoms with E-state index in [0.717, 1.165) is 19.1 Å². The molecule has 5 heteroatoms. The average Bonchev–Trinajstić information content (AvgIpc) is 3.06. The SMILES string of the molecule is COC[C@H](C)NC(=O)NC[C@@H]1CCN(C2CC2)C1. The molecule has 0 unspecified atom stereocenters. The van der Waals surface area contributed by atoms with Gasteiger partial charge in [-0.05, 0) is 38.6 Å². The number of hydrogen-bond acceptors (Lipinski definition) is 3. The highest BCUT2D eigenvalue weighted by atomic mass is 16.5. The number of carbonyl (C=O) groups is 1. The van der Waals surface area contributed by atoms with Crippen LogP contribution in [-0.2, 0) is 4.74 Å². The van der Waals surface area contributed by atoms with Crippen LogP contribution in [-0.4, -0.2) is 56.4 Å². The molecule has 0 radical (unpaired) electrons. The molecule has 2 amide bonds. The van der Waals surface area contributed by atoms with Crippen molar-refractivity contribution in [2.24, 2.45) is 5.92 Å². The summed E-state index contributed by atoms with van der Waals surface area (Å²) in [6, 6.07) is 0.830. The quantitative estimate of drug-likeness (QED) is 0.738. The Bertz CT molecular complexity index is 281. The molecule has 2 aliphatic rings. The molecule has 1 heterocycles. The van der Waals surface area contributed by atoms with Crippen molar-refractivity contribution in [3.63, 3.8) is 0 Å². The zero-order valence-corrected chi connectivity index (χ0v) is 11.4. The van der Waals surface area contributed by atoms with Crippen LogP contribution in [0.25, 0.3) is 0 Å². The van der Waals surface area contributed by atoms with Crippen LogP contribution in [0.15, 0.2) is 0 Å². The van der Waals surface area contributed by atoms with Crippen molar-refractivity contribution in [1.82, 2.24) is 15.5 Å². The number of ether oxygens (including phenoxy) is 1. The molecule has 2 rings (SSSR count). The largest absolute Gasteiger partial charge is 0.383 e. The Morgan fingerprint density at radius 2 is 2.22 bits per heavy atom. The van der Waals surface area contributed by atoms with Crippen molar-refractivity contribution in [3.05, 3.63) is 0 Å². The first-order valence-electron chi connectivity index (χ1n) is 6.96. The molecule has 5 nitrogen and oxygen atoms in total. The molecule has 1 saturated carbocycles. The number of likely N-dealkylation sites (tertiary alicyclic amines) is 1. The Morgan fingerprint density at radius 1 is 1.44 bits per heavy atom. The molecule has 2 fully saturated rings. The summed E-state index contributed by atoms with van der Waals surface area (Å²) < 4.78 is 4.98. The molecule has 2 atom stereocenters. The highest BCUT2D eigenvalue weighted by Gasteiger charge is 2.34. The summed E-state index contributed by atoms with van der Waals surface area (Å²) in [7, 11) is 1.64. The van der Waals surface area contributed by atoms with Crippen molar-refractivity contribution < 1.29 is 9.53 Å². The lowest BCUT2D eigenvalue weighted by Gasteiger charge is -2.17. The summed E-state index contributed by atoms with van der Waals surface area (Å²) in [5.74, 6) is 0.620. The maximum absolute atomic E-state index is 11.6. The smallest absolute Gasteiger partial charge is 0.315 e. The predicted molar refractivity (Wildman–Crippen MR) is 70.6 cm³/mol. The van der Waals surface area contributed by atoms with E-state index in [1.165, 1.54) is 25.8 Å². The van der Waals surface area contributed by atoms with Crippen LogP contribution in [0.4, 0.5) is 4.79 Å². The molecule has 1 aliphatic heterocycles. The number of hydrogen-bond donors (Lipinski definition) is 2. The number of carbonyl (C=O) groups excluding carboxylic acids is 1. The van der Waals surface area contributed by atoms with Gasteiger partial charge >= 0.3 is 6.03 Å². The molecule has 104 valence electrons. The van der Waals surface area contributed by atoms with Crippen LogP contribution in [0.5, 0.6) is 0 Å². The van der Waals surface area contributed by atoms with Crippen LogP contribution in [0.3, 0.4) is 0 Å². The number of nitrogens with zero attached hydrogens (tertiary/aromatic N) is 1. The second-order valence-corrected chi connectivity index (χ2v) is 5.59. The van der Waals surface area contributed by atoms with Gasteiger partial charge in [-0.15, -0.1) is 0 Å². The lowest BCUT2D eigenvalue weighted by atomic mass is 10.1. The first kappa shape index (κ1) is 13.6. The fraction of sp³-hybridized carbons (Fsp3) is 0.923. The molecular weight excluding hydrogens is 230 g/mol. The molecule has 0 spiro atoms. The van der Waals surface area contributed by atoms with Gasteiger partial charge in [0.25, 0.3) is 0 Å². The highest BCUT2D eigenvalue weighted by Crippen LogP contribution is 2.31. The van der Waals surface area contributed by atoms with Gasteiger partial charge in [-0.25, -0.2) is 4.79 Å². The van der Waals surface area contributed by atoms with E-state index in [1.54, 1.807) is 7.11 Å². The van der Waals surface area contributed by atoms with E-state index in [4.69, 9.17) is 4.74 Å². The zero-order valence-electron chi connectivity index (χ0n) is 11.4. The molecule has 2 N–H and O–H groups in total. The number of urea groups is 1. The summed E-state index contributed by atoms with van der Waals surface area (Å²) in [4.78, 5) is 14.2. The van der Waals surface area contributed by atoms with Crippen molar-refractivity contribution in [2.45, 2.75) is 38.3 Å². The minimum Gasteiger partial charge on any atom is -0.383 e. The Hall–Kier alpha value is -0.810. The minimum absolute atomic E-state index is 0.0570. The predicted octanol–water partition coefficient (Wildman–Crippen LogP) is 0.805. The monoisotopic (exact) mass is 255 g/mol. The Labute approximate surface area is 109 Å². The highest BCUT2D eigenvalue weighted by molar-refractivity contribution is 5.74. The standard InChI is InChI=1S/C13H25N3O2/c1-10(9-18-2)15-13(17)14-7-11-5-6-16(8-11)12-3-4-12/h10-12H,3-9H2,1-2H3,(H2,14,15,17)/t10-,11-/m0/s1. The van der Waals surface area contributed by atoms with Crippen LogP contribution in [0.1, 0.15) is 26.2 Å². The summed E-state index contributed by atoms with van der Waals surface area (Å²) in [6.45, 7) is 5.63. The summed E-state index contributed by atoms with van der Waals surface area (Å²) >= 11 is 0. The lowest BCUT2D eigenvalue weighted by molar-refractivity contribution is 0.170. The molecule has 0 aromatic heterocycles. The Balaban J connectivity index is 1.58. The van der Waals surface area contributed by atoms with E-state index >= 15 is 0 Å². The van der Waals surface area contributed by atoms with E-state index < -0.39 is 0 Å². The Kier molecular flexibility index (Phi) is 4.83. The molecule has 18 heavy (non-hydrogen) atoms. The van der Waals surface area contributed by atoms with E-state index in [-0.39, 0.29) is 12.1 Å². The van der Waals surface area contributed by atoms with Crippen LogP contribution in [0.2, 0.25) is 0 Å².